The summed E-state index contributed by atoms with van der Waals surface area (Å²) in [5.74, 6) is 0. The highest BCUT2D eigenvalue weighted by Crippen LogP contribution is 2.29. The van der Waals surface area contributed by atoms with Gasteiger partial charge in [-0.3, -0.25) is 9.47 Å². The number of hydrogen-bond donors (Lipinski definition) is 1. The summed E-state index contributed by atoms with van der Waals surface area (Å²) in [6.45, 7) is 4.49. The summed E-state index contributed by atoms with van der Waals surface area (Å²) in [6, 6.07) is 15.4. The molecular weight excluding hydrogens is 428 g/mol. The molecule has 0 radical (unpaired) electrons. The summed E-state index contributed by atoms with van der Waals surface area (Å²) in [7, 11) is 0. The van der Waals surface area contributed by atoms with E-state index in [9.17, 15) is 9.59 Å². The number of carbonyl (C=O) groups is 1. The number of morpholine rings is 1. The lowest BCUT2D eigenvalue weighted by Crippen LogP contribution is -2.41. The van der Waals surface area contributed by atoms with Crippen LogP contribution in [-0.4, -0.2) is 52.9 Å². The van der Waals surface area contributed by atoms with E-state index in [2.05, 4.69) is 22.3 Å². The maximum atomic E-state index is 13.3. The molecule has 1 fully saturated rings. The minimum Gasteiger partial charge on any atom is -0.379 e. The zero-order chi connectivity index (χ0) is 21.2. The number of hydrogen-bond acceptors (Lipinski definition) is 4. The molecule has 0 saturated carbocycles. The Morgan fingerprint density at radius 3 is 2.53 bits per heavy atom. The molecule has 1 aliphatic carbocycles. The van der Waals surface area contributed by atoms with Gasteiger partial charge in [-0.25, -0.2) is 14.2 Å². The quantitative estimate of drug-likeness (QED) is 0.654. The summed E-state index contributed by atoms with van der Waals surface area (Å²) in [5.41, 5.74) is 3.60. The highest BCUT2D eigenvalue weighted by molar-refractivity contribution is 5.89. The predicted octanol–water partition coefficient (Wildman–Crippen LogP) is 3.19. The van der Waals surface area contributed by atoms with E-state index >= 15 is 0 Å². The normalized spacial score (nSPS) is 18.7. The van der Waals surface area contributed by atoms with Crippen molar-refractivity contribution in [3.05, 3.63) is 70.1 Å². The van der Waals surface area contributed by atoms with Gasteiger partial charge < -0.3 is 10.1 Å². The Morgan fingerprint density at radius 1 is 1.00 bits per heavy atom. The molecule has 1 saturated heterocycles. The topological polar surface area (TPSA) is 68.5 Å². The van der Waals surface area contributed by atoms with Crippen molar-refractivity contribution in [1.82, 2.24) is 19.4 Å². The van der Waals surface area contributed by atoms with Crippen molar-refractivity contribution >= 4 is 29.5 Å². The van der Waals surface area contributed by atoms with Gasteiger partial charge in [0.2, 0.25) is 0 Å². The Kier molecular flexibility index (Phi) is 6.98. The molecule has 5 rings (SSSR count). The second kappa shape index (κ2) is 9.90. The van der Waals surface area contributed by atoms with Crippen LogP contribution in [-0.2, 0) is 17.7 Å². The van der Waals surface area contributed by atoms with E-state index < -0.39 is 0 Å². The average Bonchev–Trinajstić information content (AvgIpc) is 3.10. The van der Waals surface area contributed by atoms with Crippen LogP contribution in [0.15, 0.2) is 53.3 Å². The number of rotatable bonds is 4. The molecule has 2 heterocycles. The van der Waals surface area contributed by atoms with Gasteiger partial charge in [-0.05, 0) is 42.5 Å². The monoisotopic (exact) mass is 456 g/mol. The van der Waals surface area contributed by atoms with Gasteiger partial charge in [0.25, 0.3) is 0 Å². The van der Waals surface area contributed by atoms with Gasteiger partial charge in [0.05, 0.1) is 30.3 Å². The molecule has 3 aromatic rings. The first kappa shape index (κ1) is 22.6. The molecule has 0 bridgehead atoms. The Morgan fingerprint density at radius 2 is 1.72 bits per heavy atom. The maximum Gasteiger partial charge on any atom is 0.337 e. The predicted molar refractivity (Wildman–Crippen MR) is 127 cm³/mol. The van der Waals surface area contributed by atoms with E-state index in [4.69, 9.17) is 4.74 Å². The number of aromatic nitrogens is 2. The van der Waals surface area contributed by atoms with Crippen LogP contribution in [0.4, 0.5) is 4.79 Å². The zero-order valence-corrected chi connectivity index (χ0v) is 18.9. The number of halogens is 1. The van der Waals surface area contributed by atoms with Crippen LogP contribution in [0.1, 0.15) is 30.0 Å². The molecule has 2 aliphatic rings. The first-order chi connectivity index (χ1) is 15.2. The lowest BCUT2D eigenvalue weighted by molar-refractivity contribution is 0.0364. The summed E-state index contributed by atoms with van der Waals surface area (Å²) >= 11 is 0. The Hall–Kier alpha value is -2.61. The van der Waals surface area contributed by atoms with Crippen LogP contribution in [0.5, 0.6) is 0 Å². The Bertz CT molecular complexity index is 1150. The molecule has 1 N–H and O–H groups in total. The van der Waals surface area contributed by atoms with Crippen LogP contribution in [0.3, 0.4) is 0 Å². The van der Waals surface area contributed by atoms with Gasteiger partial charge in [0.15, 0.2) is 0 Å². The molecule has 0 spiro atoms. The molecule has 1 amide bonds. The van der Waals surface area contributed by atoms with Crippen molar-refractivity contribution in [1.29, 1.82) is 0 Å². The first-order valence-electron chi connectivity index (χ1n) is 11.1. The Balaban J connectivity index is 0.00000245. The molecule has 2 aromatic carbocycles. The van der Waals surface area contributed by atoms with Crippen LogP contribution in [0.25, 0.3) is 11.0 Å². The molecular formula is C24H29ClN4O3. The molecule has 8 heteroatoms. The van der Waals surface area contributed by atoms with E-state index in [1.807, 2.05) is 36.4 Å². The van der Waals surface area contributed by atoms with Gasteiger partial charge in [0.1, 0.15) is 0 Å². The van der Waals surface area contributed by atoms with E-state index in [0.29, 0.717) is 12.1 Å². The molecule has 7 nitrogen and oxygen atoms in total. The molecule has 32 heavy (non-hydrogen) atoms. The van der Waals surface area contributed by atoms with Gasteiger partial charge >= 0.3 is 11.7 Å². The van der Waals surface area contributed by atoms with Crippen molar-refractivity contribution in [3.63, 3.8) is 0 Å². The number of imidazole rings is 1. The minimum atomic E-state index is -0.354. The fourth-order valence-electron chi connectivity index (χ4n) is 4.80. The van der Waals surface area contributed by atoms with E-state index in [-0.39, 0.29) is 30.2 Å². The van der Waals surface area contributed by atoms with Crippen LogP contribution >= 0.6 is 12.4 Å². The number of ether oxygens (including phenoxy) is 1. The number of nitrogens with zero attached hydrogens (tertiary/aromatic N) is 3. The largest absolute Gasteiger partial charge is 0.379 e. The SMILES string of the molecule is Cl.O=C(N[C@H]1CCCc2ccccc21)n1c(=O)n(CCN2CCOCC2)c2ccccc21. The minimum absolute atomic E-state index is 0. The third-order valence-electron chi connectivity index (χ3n) is 6.45. The van der Waals surface area contributed by atoms with E-state index in [1.54, 1.807) is 4.57 Å². The van der Waals surface area contributed by atoms with Crippen molar-refractivity contribution < 1.29 is 9.53 Å². The van der Waals surface area contributed by atoms with Gasteiger partial charge in [-0.15, -0.1) is 12.4 Å². The van der Waals surface area contributed by atoms with Crippen molar-refractivity contribution in [2.24, 2.45) is 0 Å². The van der Waals surface area contributed by atoms with Gasteiger partial charge in [-0.2, -0.15) is 0 Å². The lowest BCUT2D eigenvalue weighted by Gasteiger charge is -2.26. The van der Waals surface area contributed by atoms with Crippen LogP contribution in [0.2, 0.25) is 0 Å². The molecule has 1 aromatic heterocycles. The van der Waals surface area contributed by atoms with Crippen molar-refractivity contribution in [3.8, 4) is 0 Å². The fraction of sp³-hybridized carbons (Fsp3) is 0.417. The first-order valence-corrected chi connectivity index (χ1v) is 11.1. The maximum absolute atomic E-state index is 13.3. The molecule has 170 valence electrons. The third-order valence-corrected chi connectivity index (χ3v) is 6.45. The third kappa shape index (κ3) is 4.33. The van der Waals surface area contributed by atoms with Crippen molar-refractivity contribution in [2.45, 2.75) is 31.8 Å². The number of nitrogens with one attached hydrogen (secondary N) is 1. The smallest absolute Gasteiger partial charge is 0.337 e. The average molecular weight is 457 g/mol. The number of fused-ring (bicyclic) bond motifs is 2. The van der Waals surface area contributed by atoms with Gasteiger partial charge in [-0.1, -0.05) is 36.4 Å². The second-order valence-corrected chi connectivity index (χ2v) is 8.31. The molecule has 1 aliphatic heterocycles. The number of aryl methyl sites for hydroxylation is 1. The molecule has 0 unspecified atom stereocenters. The number of amides is 1. The number of benzene rings is 2. The number of para-hydroxylation sites is 2. The summed E-state index contributed by atoms with van der Waals surface area (Å²) in [5, 5.41) is 3.13. The highest BCUT2D eigenvalue weighted by atomic mass is 35.5. The second-order valence-electron chi connectivity index (χ2n) is 8.31. The van der Waals surface area contributed by atoms with Gasteiger partial charge in [0, 0.05) is 26.2 Å². The van der Waals surface area contributed by atoms with Crippen LogP contribution in [0, 0.1) is 0 Å². The summed E-state index contributed by atoms with van der Waals surface area (Å²) in [4.78, 5) is 28.9. The lowest BCUT2D eigenvalue weighted by atomic mass is 9.88. The van der Waals surface area contributed by atoms with Crippen LogP contribution < -0.4 is 11.0 Å². The highest BCUT2D eigenvalue weighted by Gasteiger charge is 2.25. The fourth-order valence-corrected chi connectivity index (χ4v) is 4.80. The summed E-state index contributed by atoms with van der Waals surface area (Å²) < 4.78 is 8.43. The zero-order valence-electron chi connectivity index (χ0n) is 18.0. The number of carbonyl (C=O) groups excluding carboxylic acids is 1. The molecule has 1 atom stereocenters. The summed E-state index contributed by atoms with van der Waals surface area (Å²) in [6.07, 6.45) is 2.94. The van der Waals surface area contributed by atoms with Crippen molar-refractivity contribution in [2.75, 3.05) is 32.8 Å². The van der Waals surface area contributed by atoms with E-state index in [1.165, 1.54) is 10.1 Å². The standard InChI is InChI=1S/C24H28N4O3.ClH/c29-23(25-20-9-5-7-18-6-1-2-8-19(18)20)28-22-11-4-3-10-21(22)27(24(28)30)13-12-26-14-16-31-17-15-26;/h1-4,6,8,10-11,20H,5,7,9,12-17H2,(H,25,29);1H/t20-;/m0./s1. The van der Waals surface area contributed by atoms with E-state index in [0.717, 1.165) is 63.2 Å². The Labute approximate surface area is 193 Å².